The van der Waals surface area contributed by atoms with Gasteiger partial charge < -0.3 is 18.9 Å². The third-order valence-corrected chi connectivity index (χ3v) is 2.96. The van der Waals surface area contributed by atoms with Crippen LogP contribution in [-0.2, 0) is 18.9 Å². The largest absolute Gasteiger partial charge is 1.00 e. The van der Waals surface area contributed by atoms with E-state index in [1.54, 1.807) is 24.3 Å². The number of hydrogen-bond donors (Lipinski definition) is 0. The Bertz CT molecular complexity index is 460. The zero-order chi connectivity index (χ0) is 13.9. The molecule has 2 heterocycles. The standard InChI is InChI=1S/C14H14O6/c15-13(19-7-11-5-17-11)9-1-2-10(4-3-9)14(16)20-8-12-6-18-12/h1-4,11-12H,5-8H2/p+1. The highest BCUT2D eigenvalue weighted by atomic mass is 16.6. The fraction of sp³-hybridized carbons (Fsp3) is 0.429. The first-order chi connectivity index (χ1) is 9.72. The van der Waals surface area contributed by atoms with E-state index in [4.69, 9.17) is 18.9 Å². The minimum absolute atomic E-state index is 0. The van der Waals surface area contributed by atoms with Crippen molar-refractivity contribution >= 4 is 11.9 Å². The van der Waals surface area contributed by atoms with Gasteiger partial charge >= 0.3 is 13.4 Å². The van der Waals surface area contributed by atoms with Crippen LogP contribution in [0.25, 0.3) is 0 Å². The zero-order valence-electron chi connectivity index (χ0n) is 11.7. The van der Waals surface area contributed by atoms with Crippen LogP contribution in [0, 0.1) is 0 Å². The third-order valence-electron chi connectivity index (χ3n) is 2.96. The van der Waals surface area contributed by atoms with Crippen molar-refractivity contribution in [3.05, 3.63) is 35.4 Å². The molecule has 1 aromatic carbocycles. The number of esters is 2. The maximum Gasteiger partial charge on any atom is 1.00 e. The van der Waals surface area contributed by atoms with E-state index in [1.807, 2.05) is 0 Å². The van der Waals surface area contributed by atoms with E-state index in [0.29, 0.717) is 24.3 Å². The molecule has 0 radical (unpaired) electrons. The predicted octanol–water partition coefficient (Wildman–Crippen LogP) is 0.910. The summed E-state index contributed by atoms with van der Waals surface area (Å²) in [7, 11) is 0. The first-order valence-electron chi connectivity index (χ1n) is 6.40. The number of rotatable bonds is 6. The lowest BCUT2D eigenvalue weighted by Gasteiger charge is -2.05. The summed E-state index contributed by atoms with van der Waals surface area (Å²) >= 11 is 0. The molecular formula is C14H15O6+. The molecule has 2 atom stereocenters. The van der Waals surface area contributed by atoms with Gasteiger partial charge in [-0.1, -0.05) is 0 Å². The average molecular weight is 279 g/mol. The molecule has 0 amide bonds. The van der Waals surface area contributed by atoms with E-state index < -0.39 is 11.9 Å². The summed E-state index contributed by atoms with van der Waals surface area (Å²) in [5.41, 5.74) is 0.792. The van der Waals surface area contributed by atoms with Gasteiger partial charge in [-0.05, 0) is 24.3 Å². The average Bonchev–Trinajstić information content (AvgIpc) is 3.37. The van der Waals surface area contributed by atoms with Crippen LogP contribution in [0.1, 0.15) is 22.1 Å². The number of carbonyl (C=O) groups excluding carboxylic acids is 2. The molecule has 0 bridgehead atoms. The fourth-order valence-corrected chi connectivity index (χ4v) is 1.57. The predicted molar refractivity (Wildman–Crippen MR) is 67.6 cm³/mol. The van der Waals surface area contributed by atoms with Gasteiger partial charge in [0.2, 0.25) is 0 Å². The fourth-order valence-electron chi connectivity index (χ4n) is 1.57. The molecule has 0 N–H and O–H groups in total. The highest BCUT2D eigenvalue weighted by Gasteiger charge is 2.25. The van der Waals surface area contributed by atoms with Crippen LogP contribution < -0.4 is 0 Å². The van der Waals surface area contributed by atoms with Gasteiger partial charge in [-0.25, -0.2) is 9.59 Å². The highest BCUT2D eigenvalue weighted by molar-refractivity contribution is 5.93. The Hall–Kier alpha value is -1.92. The van der Waals surface area contributed by atoms with E-state index in [0.717, 1.165) is 0 Å². The molecule has 0 spiro atoms. The van der Waals surface area contributed by atoms with Crippen molar-refractivity contribution < 1.29 is 30.0 Å². The van der Waals surface area contributed by atoms with Gasteiger partial charge in [0.1, 0.15) is 25.4 Å². The summed E-state index contributed by atoms with van der Waals surface area (Å²) < 4.78 is 20.0. The van der Waals surface area contributed by atoms with Crippen molar-refractivity contribution in [2.24, 2.45) is 0 Å². The van der Waals surface area contributed by atoms with Crippen LogP contribution in [0.4, 0.5) is 0 Å². The molecule has 2 aliphatic rings. The monoisotopic (exact) mass is 279 g/mol. The second kappa shape index (κ2) is 5.60. The molecule has 2 unspecified atom stereocenters. The molecule has 6 nitrogen and oxygen atoms in total. The van der Waals surface area contributed by atoms with Crippen molar-refractivity contribution in [2.45, 2.75) is 12.2 Å². The van der Waals surface area contributed by atoms with E-state index in [1.165, 1.54) is 0 Å². The molecule has 20 heavy (non-hydrogen) atoms. The summed E-state index contributed by atoms with van der Waals surface area (Å²) in [5, 5.41) is 0. The molecule has 0 aliphatic carbocycles. The van der Waals surface area contributed by atoms with Gasteiger partial charge in [-0.2, -0.15) is 0 Å². The summed E-state index contributed by atoms with van der Waals surface area (Å²) in [6.45, 7) is 1.82. The number of epoxide rings is 2. The number of carbonyl (C=O) groups is 2. The Morgan fingerprint density at radius 3 is 1.60 bits per heavy atom. The molecule has 2 fully saturated rings. The van der Waals surface area contributed by atoms with Gasteiger partial charge in [0.15, 0.2) is 0 Å². The van der Waals surface area contributed by atoms with Crippen molar-refractivity contribution in [1.82, 2.24) is 0 Å². The van der Waals surface area contributed by atoms with E-state index >= 15 is 0 Å². The highest BCUT2D eigenvalue weighted by Crippen LogP contribution is 2.13. The second-order valence-electron chi connectivity index (χ2n) is 4.68. The smallest absolute Gasteiger partial charge is 0.459 e. The molecule has 6 heteroatoms. The summed E-state index contributed by atoms with van der Waals surface area (Å²) in [4.78, 5) is 23.3. The van der Waals surface area contributed by atoms with Crippen LogP contribution >= 0.6 is 0 Å². The minimum atomic E-state index is -0.424. The normalized spacial score (nSPS) is 23.0. The Labute approximate surface area is 117 Å². The number of hydrogen-bond acceptors (Lipinski definition) is 6. The molecule has 1 aromatic rings. The number of benzene rings is 1. The molecule has 2 aliphatic heterocycles. The maximum absolute atomic E-state index is 11.7. The van der Waals surface area contributed by atoms with Crippen LogP contribution in [-0.4, -0.2) is 50.6 Å². The quantitative estimate of drug-likeness (QED) is 0.569. The Morgan fingerprint density at radius 2 is 1.30 bits per heavy atom. The van der Waals surface area contributed by atoms with Crippen molar-refractivity contribution in [2.75, 3.05) is 26.4 Å². The molecule has 2 saturated heterocycles. The van der Waals surface area contributed by atoms with Crippen molar-refractivity contribution in [3.63, 3.8) is 0 Å². The molecular weight excluding hydrogens is 264 g/mol. The summed E-state index contributed by atoms with van der Waals surface area (Å²) in [5.74, 6) is -0.849. The van der Waals surface area contributed by atoms with Gasteiger partial charge in [0.05, 0.1) is 24.3 Å². The molecule has 0 aromatic heterocycles. The van der Waals surface area contributed by atoms with Crippen LogP contribution in [0.2, 0.25) is 0 Å². The van der Waals surface area contributed by atoms with E-state index in [2.05, 4.69) is 0 Å². The van der Waals surface area contributed by atoms with Crippen molar-refractivity contribution in [1.29, 1.82) is 0 Å². The molecule has 3 rings (SSSR count). The number of ether oxygens (including phenoxy) is 4. The van der Waals surface area contributed by atoms with Crippen LogP contribution in [0.15, 0.2) is 24.3 Å². The van der Waals surface area contributed by atoms with Crippen LogP contribution in [0.5, 0.6) is 0 Å². The van der Waals surface area contributed by atoms with Gasteiger partial charge in [0.25, 0.3) is 0 Å². The maximum atomic E-state index is 11.7. The summed E-state index contributed by atoms with van der Waals surface area (Å²) in [6.07, 6.45) is 0.0793. The van der Waals surface area contributed by atoms with E-state index in [-0.39, 0.29) is 26.8 Å². The van der Waals surface area contributed by atoms with Gasteiger partial charge in [-0.3, -0.25) is 0 Å². The lowest BCUT2D eigenvalue weighted by Crippen LogP contribution is -2.12. The Morgan fingerprint density at radius 1 is 0.950 bits per heavy atom. The lowest BCUT2D eigenvalue weighted by molar-refractivity contribution is 0.0463. The van der Waals surface area contributed by atoms with Gasteiger partial charge in [-0.15, -0.1) is 0 Å². The molecule has 106 valence electrons. The Balaban J connectivity index is 0.00000161. The van der Waals surface area contributed by atoms with E-state index in [9.17, 15) is 9.59 Å². The van der Waals surface area contributed by atoms with Gasteiger partial charge in [0, 0.05) is 0 Å². The lowest BCUT2D eigenvalue weighted by atomic mass is 10.1. The minimum Gasteiger partial charge on any atom is -0.459 e. The topological polar surface area (TPSA) is 77.7 Å². The van der Waals surface area contributed by atoms with Crippen molar-refractivity contribution in [3.8, 4) is 0 Å². The first-order valence-corrected chi connectivity index (χ1v) is 6.40. The summed E-state index contributed by atoms with van der Waals surface area (Å²) in [6, 6.07) is 6.17. The third kappa shape index (κ3) is 3.55. The first kappa shape index (κ1) is 13.1. The van der Waals surface area contributed by atoms with Crippen LogP contribution in [0.3, 0.4) is 0 Å². The zero-order valence-corrected chi connectivity index (χ0v) is 10.7. The molecule has 0 saturated carbocycles. The second-order valence-corrected chi connectivity index (χ2v) is 4.68. The SMILES string of the molecule is O=C(OCC1CO1)c1ccc(C(=O)OCC2CO2)cc1.[H+]. The Kier molecular flexibility index (Phi) is 3.66.